The van der Waals surface area contributed by atoms with Crippen molar-refractivity contribution < 1.29 is 53.5 Å². The lowest BCUT2D eigenvalue weighted by atomic mass is 9.45. The Morgan fingerprint density at radius 3 is 2.49 bits per heavy atom. The number of unbranched alkanes of at least 4 members (excludes halogenated alkanes) is 1. The second-order valence-electron chi connectivity index (χ2n) is 14.4. The number of ether oxygens (including phenoxy) is 3. The van der Waals surface area contributed by atoms with Crippen LogP contribution in [0.3, 0.4) is 0 Å². The highest BCUT2D eigenvalue weighted by Gasteiger charge is 2.68. The van der Waals surface area contributed by atoms with Crippen LogP contribution in [0, 0.1) is 38.7 Å². The first-order valence-corrected chi connectivity index (χ1v) is 17.0. The van der Waals surface area contributed by atoms with Crippen molar-refractivity contribution in [1.29, 1.82) is 0 Å². The molecule has 8 atom stereocenters. The van der Waals surface area contributed by atoms with Crippen LogP contribution in [0.25, 0.3) is 0 Å². The van der Waals surface area contributed by atoms with Gasteiger partial charge in [-0.1, -0.05) is 31.6 Å². The van der Waals surface area contributed by atoms with Gasteiger partial charge in [0.15, 0.2) is 12.4 Å². The van der Waals surface area contributed by atoms with Crippen LogP contribution in [0.1, 0.15) is 77.2 Å². The van der Waals surface area contributed by atoms with Gasteiger partial charge in [-0.05, 0) is 105 Å². The van der Waals surface area contributed by atoms with Crippen LogP contribution in [0.2, 0.25) is 0 Å². The minimum absolute atomic E-state index is 0.00551. The van der Waals surface area contributed by atoms with Crippen molar-refractivity contribution in [2.45, 2.75) is 95.8 Å². The van der Waals surface area contributed by atoms with Crippen molar-refractivity contribution in [3.05, 3.63) is 51.6 Å². The zero-order valence-corrected chi connectivity index (χ0v) is 28.0. The van der Waals surface area contributed by atoms with Gasteiger partial charge in [0.1, 0.15) is 17.4 Å². The van der Waals surface area contributed by atoms with Crippen molar-refractivity contribution in [1.82, 2.24) is 0 Å². The molecule has 268 valence electrons. The maximum absolute atomic E-state index is 13.5. The molecule has 3 saturated carbocycles. The van der Waals surface area contributed by atoms with Gasteiger partial charge in [0.25, 0.3) is 5.09 Å². The molecular formula is C35H46N2O12. The number of esters is 1. The molecule has 0 unspecified atom stereocenters. The number of nitrogens with two attached hydrogens (primary N) is 1. The van der Waals surface area contributed by atoms with Gasteiger partial charge in [-0.25, -0.2) is 4.79 Å². The number of allylic oxidation sites excluding steroid dienone is 1. The van der Waals surface area contributed by atoms with Crippen molar-refractivity contribution in [3.63, 3.8) is 0 Å². The van der Waals surface area contributed by atoms with Gasteiger partial charge in [-0.3, -0.25) is 14.4 Å². The molecule has 0 spiro atoms. The molecule has 5 rings (SSSR count). The first-order chi connectivity index (χ1) is 23.2. The maximum Gasteiger partial charge on any atom is 0.514 e. The van der Waals surface area contributed by atoms with E-state index in [0.717, 1.165) is 18.4 Å². The van der Waals surface area contributed by atoms with Gasteiger partial charge in [-0.2, -0.15) is 0 Å². The molecule has 4 aliphatic carbocycles. The molecule has 0 bridgehead atoms. The second-order valence-corrected chi connectivity index (χ2v) is 14.4. The third-order valence-corrected chi connectivity index (χ3v) is 11.7. The Labute approximate surface area is 284 Å². The van der Waals surface area contributed by atoms with Crippen LogP contribution >= 0.6 is 0 Å². The van der Waals surface area contributed by atoms with Crippen molar-refractivity contribution >= 4 is 23.7 Å². The number of nitrogens with zero attached hydrogens (tertiary/aromatic N) is 1. The first kappa shape index (κ1) is 36.4. The Bertz CT molecular complexity index is 1480. The summed E-state index contributed by atoms with van der Waals surface area (Å²) in [5.41, 5.74) is 4.73. The van der Waals surface area contributed by atoms with Gasteiger partial charge >= 0.3 is 12.1 Å². The molecule has 14 heteroatoms. The third-order valence-electron chi connectivity index (χ3n) is 11.7. The summed E-state index contributed by atoms with van der Waals surface area (Å²) in [6.07, 6.45) is 4.50. The lowest BCUT2D eigenvalue weighted by Crippen LogP contribution is -2.62. The molecule has 1 aromatic rings. The molecule has 0 aliphatic heterocycles. The van der Waals surface area contributed by atoms with E-state index in [1.165, 1.54) is 12.1 Å². The molecule has 0 aromatic heterocycles. The molecule has 14 nitrogen and oxygen atoms in total. The fraction of sp³-hybridized carbons (Fsp3) is 0.657. The van der Waals surface area contributed by atoms with E-state index in [9.17, 15) is 39.5 Å². The lowest BCUT2D eigenvalue weighted by Gasteiger charge is -2.60. The molecule has 0 heterocycles. The summed E-state index contributed by atoms with van der Waals surface area (Å²) in [6.45, 7) is 3.28. The molecular weight excluding hydrogens is 640 g/mol. The summed E-state index contributed by atoms with van der Waals surface area (Å²) in [6, 6.07) is 5.22. The quantitative estimate of drug-likeness (QED) is 0.0893. The zero-order valence-electron chi connectivity index (χ0n) is 28.0. The topological polar surface area (TPSA) is 215 Å². The Hall–Kier alpha value is -3.88. The van der Waals surface area contributed by atoms with E-state index < -0.39 is 52.8 Å². The number of rotatable bonds is 13. The van der Waals surface area contributed by atoms with E-state index in [1.807, 2.05) is 6.92 Å². The largest absolute Gasteiger partial charge is 0.514 e. The smallest absolute Gasteiger partial charge is 0.465 e. The van der Waals surface area contributed by atoms with Gasteiger partial charge in [0, 0.05) is 11.8 Å². The average molecular weight is 687 g/mol. The molecule has 0 saturated heterocycles. The number of aliphatic hydroxyl groups excluding tert-OH is 1. The summed E-state index contributed by atoms with van der Waals surface area (Å²) in [7, 11) is 0. The number of fused-ring (bicyclic) bond motifs is 5. The highest BCUT2D eigenvalue weighted by atomic mass is 16.9. The van der Waals surface area contributed by atoms with Crippen LogP contribution in [0.5, 0.6) is 5.75 Å². The Morgan fingerprint density at radius 1 is 1.06 bits per heavy atom. The highest BCUT2D eigenvalue weighted by Crippen LogP contribution is 2.67. The van der Waals surface area contributed by atoms with Gasteiger partial charge in [0.05, 0.1) is 19.3 Å². The molecule has 49 heavy (non-hydrogen) atoms. The fourth-order valence-electron chi connectivity index (χ4n) is 9.17. The Kier molecular flexibility index (Phi) is 10.8. The van der Waals surface area contributed by atoms with E-state index in [4.69, 9.17) is 19.9 Å². The van der Waals surface area contributed by atoms with Crippen molar-refractivity contribution in [3.8, 4) is 5.75 Å². The number of benzene rings is 1. The molecule has 4 aliphatic rings. The van der Waals surface area contributed by atoms with Crippen molar-refractivity contribution in [2.75, 3.05) is 19.8 Å². The van der Waals surface area contributed by atoms with E-state index in [1.54, 1.807) is 18.2 Å². The van der Waals surface area contributed by atoms with Crippen molar-refractivity contribution in [2.24, 2.45) is 34.3 Å². The zero-order chi connectivity index (χ0) is 35.6. The van der Waals surface area contributed by atoms with Gasteiger partial charge in [-0.15, -0.1) is 10.1 Å². The Morgan fingerprint density at radius 2 is 1.78 bits per heavy atom. The van der Waals surface area contributed by atoms with E-state index in [0.29, 0.717) is 37.7 Å². The van der Waals surface area contributed by atoms with Crippen LogP contribution in [0.15, 0.2) is 35.9 Å². The Balaban J connectivity index is 1.10. The van der Waals surface area contributed by atoms with Gasteiger partial charge < -0.3 is 35.0 Å². The maximum atomic E-state index is 13.5. The standard InChI is InChI=1S/C35H46N2O12/c1-33-13-11-23(38)18-22(33)7-10-25-26-12-14-35(43,34(26,2)19-28(39)30(25)33)29(40)20-47-32(42)49-24-8-5-21(6-9-24)17-27(36)31(41)46-15-3-4-16-48-37(44)45/h5-6,8-9,18,25-28,30,39,43H,3-4,7,10-17,19-20,36H2,1-2H3/t25-,26-,27-,28-,30+,33-,34-,35-/m0/s1. The van der Waals surface area contributed by atoms with Crippen LogP contribution < -0.4 is 10.5 Å². The minimum Gasteiger partial charge on any atom is -0.465 e. The molecule has 0 radical (unpaired) electrons. The molecule has 0 amide bonds. The average Bonchev–Trinajstić information content (AvgIpc) is 3.32. The van der Waals surface area contributed by atoms with E-state index in [-0.39, 0.29) is 67.2 Å². The summed E-state index contributed by atoms with van der Waals surface area (Å²) in [5, 5.41) is 32.7. The number of ketones is 2. The summed E-state index contributed by atoms with van der Waals surface area (Å²) in [4.78, 5) is 64.7. The number of carbonyl (C=O) groups excluding carboxylic acids is 4. The number of hydrogen-bond acceptors (Lipinski definition) is 13. The van der Waals surface area contributed by atoms with Crippen LogP contribution in [-0.4, -0.2) is 76.6 Å². The number of Topliss-reactive ketones (excluding diaryl/α,β-unsaturated/α-hetero) is 1. The van der Waals surface area contributed by atoms with E-state index in [2.05, 4.69) is 11.8 Å². The third kappa shape index (κ3) is 7.36. The first-order valence-electron chi connectivity index (χ1n) is 17.0. The number of aliphatic hydroxyl groups is 2. The summed E-state index contributed by atoms with van der Waals surface area (Å²) >= 11 is 0. The predicted octanol–water partition coefficient (Wildman–Crippen LogP) is 3.41. The SMILES string of the molecule is C[C@]12CCC(=O)C=C1CC[C@@H]1[C@@H]2[C@@H](O)C[C@@]2(C)[C@H]1CC[C@]2(O)C(=O)COC(=O)Oc1ccc(C[C@H](N)C(=O)OCCCCO[N+](=O)[O-])cc1. The summed E-state index contributed by atoms with van der Waals surface area (Å²) < 4.78 is 15.5. The van der Waals surface area contributed by atoms with Gasteiger partial charge in [0.2, 0.25) is 5.78 Å². The minimum atomic E-state index is -1.78. The number of hydrogen-bond donors (Lipinski definition) is 3. The van der Waals surface area contributed by atoms with Crippen LogP contribution in [-0.2, 0) is 35.1 Å². The highest BCUT2D eigenvalue weighted by molar-refractivity contribution is 5.92. The molecule has 1 aromatic carbocycles. The molecule has 3 fully saturated rings. The molecule has 4 N–H and O–H groups in total. The monoisotopic (exact) mass is 686 g/mol. The normalized spacial score (nSPS) is 32.4. The van der Waals surface area contributed by atoms with E-state index >= 15 is 0 Å². The van der Waals surface area contributed by atoms with Crippen LogP contribution in [0.4, 0.5) is 4.79 Å². The summed E-state index contributed by atoms with van der Waals surface area (Å²) in [5.74, 6) is -0.966. The second kappa shape index (κ2) is 14.5. The predicted molar refractivity (Wildman–Crippen MR) is 171 cm³/mol. The fourth-order valence-corrected chi connectivity index (χ4v) is 9.17. The number of carbonyl (C=O) groups is 4. The lowest BCUT2D eigenvalue weighted by molar-refractivity contribution is -0.757.